The van der Waals surface area contributed by atoms with Crippen LogP contribution in [0.25, 0.3) is 0 Å². The molecule has 0 radical (unpaired) electrons. The third kappa shape index (κ3) is 9.52. The zero-order valence-corrected chi connectivity index (χ0v) is 19.3. The summed E-state index contributed by atoms with van der Waals surface area (Å²) in [5, 5.41) is 6.67. The monoisotopic (exact) mass is 529 g/mol. The van der Waals surface area contributed by atoms with E-state index in [-0.39, 0.29) is 30.6 Å². The number of nitrogens with zero attached hydrogens (tertiary/aromatic N) is 1. The number of ether oxygens (including phenoxy) is 2. The Morgan fingerprint density at radius 3 is 2.31 bits per heavy atom. The predicted octanol–water partition coefficient (Wildman–Crippen LogP) is 4.26. The molecule has 1 fully saturated rings. The highest BCUT2D eigenvalue weighted by Crippen LogP contribution is 2.43. The molecule has 29 heavy (non-hydrogen) atoms. The average Bonchev–Trinajstić information content (AvgIpc) is 2.63. The van der Waals surface area contributed by atoms with Crippen molar-refractivity contribution in [3.05, 3.63) is 35.4 Å². The van der Waals surface area contributed by atoms with Crippen LogP contribution in [0.3, 0.4) is 0 Å². The zero-order chi connectivity index (χ0) is 20.5. The number of aliphatic imine (C=N–C) groups is 1. The van der Waals surface area contributed by atoms with E-state index in [0.29, 0.717) is 17.5 Å². The second-order valence-electron chi connectivity index (χ2n) is 7.30. The molecule has 0 amide bonds. The summed E-state index contributed by atoms with van der Waals surface area (Å²) in [7, 11) is 3.47. The molecule has 0 heterocycles. The minimum Gasteiger partial charge on any atom is -0.385 e. The van der Waals surface area contributed by atoms with Crippen molar-refractivity contribution in [1.29, 1.82) is 0 Å². The summed E-state index contributed by atoms with van der Waals surface area (Å²) < 4.78 is 46.2. The maximum Gasteiger partial charge on any atom is 0.411 e. The van der Waals surface area contributed by atoms with E-state index in [1.165, 1.54) is 19.3 Å². The molecule has 1 aliphatic rings. The van der Waals surface area contributed by atoms with Crippen molar-refractivity contribution in [2.24, 2.45) is 10.4 Å². The summed E-state index contributed by atoms with van der Waals surface area (Å²) in [6.45, 7) is 0.927. The van der Waals surface area contributed by atoms with E-state index in [9.17, 15) is 13.2 Å². The lowest BCUT2D eigenvalue weighted by Crippen LogP contribution is -2.46. The van der Waals surface area contributed by atoms with Crippen molar-refractivity contribution >= 4 is 29.9 Å². The Hall–Kier alpha value is -1.07. The number of halogens is 4. The van der Waals surface area contributed by atoms with Crippen molar-refractivity contribution in [2.75, 3.05) is 33.9 Å². The number of methoxy groups -OCH3 is 1. The summed E-state index contributed by atoms with van der Waals surface area (Å²) in [6, 6.07) is 7.30. The van der Waals surface area contributed by atoms with Gasteiger partial charge in [0.2, 0.25) is 0 Å². The highest BCUT2D eigenvalue weighted by molar-refractivity contribution is 14.0. The van der Waals surface area contributed by atoms with Gasteiger partial charge in [0.25, 0.3) is 0 Å². The standard InChI is InChI=1S/C20H30F3N3O2.HI/c1-24-18(26-14-19(8-3-9-19)10-11-27-2)25-12-16-4-6-17(7-5-16)13-28-15-20(21,22)23;/h4-7H,3,8-15H2,1-2H3,(H2,24,25,26);1H. The van der Waals surface area contributed by atoms with Gasteiger partial charge in [0.05, 0.1) is 6.61 Å². The molecule has 166 valence electrons. The summed E-state index contributed by atoms with van der Waals surface area (Å²) in [6.07, 6.45) is 0.423. The van der Waals surface area contributed by atoms with Gasteiger partial charge in [0, 0.05) is 33.9 Å². The summed E-state index contributed by atoms with van der Waals surface area (Å²) in [4.78, 5) is 4.26. The van der Waals surface area contributed by atoms with E-state index in [1.807, 2.05) is 12.1 Å². The smallest absolute Gasteiger partial charge is 0.385 e. The Morgan fingerprint density at radius 2 is 1.79 bits per heavy atom. The van der Waals surface area contributed by atoms with Gasteiger partial charge in [0.1, 0.15) is 6.61 Å². The second-order valence-corrected chi connectivity index (χ2v) is 7.30. The maximum atomic E-state index is 12.1. The number of hydrogen-bond acceptors (Lipinski definition) is 3. The number of hydrogen-bond donors (Lipinski definition) is 2. The van der Waals surface area contributed by atoms with Crippen LogP contribution in [0.4, 0.5) is 13.2 Å². The molecule has 0 spiro atoms. The number of rotatable bonds is 10. The van der Waals surface area contributed by atoms with Crippen LogP contribution >= 0.6 is 24.0 Å². The van der Waals surface area contributed by atoms with E-state index >= 15 is 0 Å². The first-order valence-electron chi connectivity index (χ1n) is 9.52. The van der Waals surface area contributed by atoms with Crippen LogP contribution in [-0.2, 0) is 22.6 Å². The van der Waals surface area contributed by atoms with Gasteiger partial charge < -0.3 is 20.1 Å². The molecular weight excluding hydrogens is 498 g/mol. The van der Waals surface area contributed by atoms with Gasteiger partial charge in [-0.25, -0.2) is 0 Å². The fraction of sp³-hybridized carbons (Fsp3) is 0.650. The molecule has 0 aliphatic heterocycles. The molecule has 0 unspecified atom stereocenters. The molecule has 1 saturated carbocycles. The number of benzene rings is 1. The van der Waals surface area contributed by atoms with Gasteiger partial charge in [-0.2, -0.15) is 13.2 Å². The quantitative estimate of drug-likeness (QED) is 0.271. The Bertz CT molecular complexity index is 620. The Labute approximate surface area is 187 Å². The molecular formula is C20H31F3IN3O2. The molecule has 2 rings (SSSR count). The minimum atomic E-state index is -4.30. The predicted molar refractivity (Wildman–Crippen MR) is 119 cm³/mol. The third-order valence-electron chi connectivity index (χ3n) is 5.12. The summed E-state index contributed by atoms with van der Waals surface area (Å²) in [5.41, 5.74) is 2.02. The van der Waals surface area contributed by atoms with Gasteiger partial charge in [-0.15, -0.1) is 24.0 Å². The maximum absolute atomic E-state index is 12.1. The lowest BCUT2D eigenvalue weighted by molar-refractivity contribution is -0.176. The zero-order valence-electron chi connectivity index (χ0n) is 17.0. The Kier molecular flexibility index (Phi) is 11.3. The number of alkyl halides is 3. The Morgan fingerprint density at radius 1 is 1.14 bits per heavy atom. The van der Waals surface area contributed by atoms with Crippen molar-refractivity contribution in [1.82, 2.24) is 10.6 Å². The molecule has 9 heteroatoms. The molecule has 1 aliphatic carbocycles. The van der Waals surface area contributed by atoms with Crippen LogP contribution in [0.2, 0.25) is 0 Å². The van der Waals surface area contributed by atoms with Gasteiger partial charge in [-0.05, 0) is 35.8 Å². The Balaban J connectivity index is 0.00000420. The fourth-order valence-electron chi connectivity index (χ4n) is 3.23. The number of nitrogens with one attached hydrogen (secondary N) is 2. The molecule has 0 atom stereocenters. The molecule has 0 bridgehead atoms. The van der Waals surface area contributed by atoms with Crippen molar-refractivity contribution < 1.29 is 22.6 Å². The summed E-state index contributed by atoms with van der Waals surface area (Å²) in [5.74, 6) is 0.737. The van der Waals surface area contributed by atoms with Crippen molar-refractivity contribution in [3.8, 4) is 0 Å². The normalized spacial score (nSPS) is 16.0. The van der Waals surface area contributed by atoms with E-state index in [0.717, 1.165) is 31.1 Å². The van der Waals surface area contributed by atoms with Gasteiger partial charge in [-0.1, -0.05) is 30.7 Å². The molecule has 0 aromatic heterocycles. The van der Waals surface area contributed by atoms with E-state index in [1.54, 1.807) is 26.3 Å². The van der Waals surface area contributed by atoms with E-state index in [4.69, 9.17) is 4.74 Å². The topological polar surface area (TPSA) is 54.9 Å². The van der Waals surface area contributed by atoms with Gasteiger partial charge >= 0.3 is 6.18 Å². The average molecular weight is 529 g/mol. The van der Waals surface area contributed by atoms with Crippen LogP contribution in [0.1, 0.15) is 36.8 Å². The van der Waals surface area contributed by atoms with E-state index < -0.39 is 12.8 Å². The van der Waals surface area contributed by atoms with Crippen LogP contribution in [0.15, 0.2) is 29.3 Å². The van der Waals surface area contributed by atoms with Crippen LogP contribution in [-0.4, -0.2) is 46.1 Å². The first-order chi connectivity index (χ1) is 13.4. The summed E-state index contributed by atoms with van der Waals surface area (Å²) >= 11 is 0. The molecule has 1 aromatic rings. The molecule has 2 N–H and O–H groups in total. The van der Waals surface area contributed by atoms with Gasteiger partial charge in [0.15, 0.2) is 5.96 Å². The van der Waals surface area contributed by atoms with Crippen molar-refractivity contribution in [2.45, 2.75) is 45.0 Å². The largest absolute Gasteiger partial charge is 0.411 e. The van der Waals surface area contributed by atoms with E-state index in [2.05, 4.69) is 20.4 Å². The van der Waals surface area contributed by atoms with Gasteiger partial charge in [-0.3, -0.25) is 4.99 Å². The molecule has 5 nitrogen and oxygen atoms in total. The number of guanidine groups is 1. The van der Waals surface area contributed by atoms with Crippen LogP contribution < -0.4 is 10.6 Å². The first-order valence-corrected chi connectivity index (χ1v) is 9.52. The first kappa shape index (κ1) is 26.0. The third-order valence-corrected chi connectivity index (χ3v) is 5.12. The highest BCUT2D eigenvalue weighted by atomic mass is 127. The molecule has 1 aromatic carbocycles. The molecule has 0 saturated heterocycles. The van der Waals surface area contributed by atoms with Crippen molar-refractivity contribution in [3.63, 3.8) is 0 Å². The lowest BCUT2D eigenvalue weighted by Gasteiger charge is -2.42. The minimum absolute atomic E-state index is 0. The van der Waals surface area contributed by atoms with Crippen LogP contribution in [0, 0.1) is 5.41 Å². The van der Waals surface area contributed by atoms with Crippen LogP contribution in [0.5, 0.6) is 0 Å². The fourth-order valence-corrected chi connectivity index (χ4v) is 3.23. The second kappa shape index (κ2) is 12.6. The highest BCUT2D eigenvalue weighted by Gasteiger charge is 2.36. The lowest BCUT2D eigenvalue weighted by atomic mass is 9.67. The SMILES string of the molecule is CN=C(NCc1ccc(COCC(F)(F)F)cc1)NCC1(CCOC)CCC1.I.